The van der Waals surface area contributed by atoms with Gasteiger partial charge < -0.3 is 9.88 Å². The molecule has 1 amide bonds. The van der Waals surface area contributed by atoms with E-state index in [0.717, 1.165) is 31.8 Å². The molecule has 2 aromatic heterocycles. The molecule has 1 aliphatic heterocycles. The van der Waals surface area contributed by atoms with Crippen molar-refractivity contribution in [2.24, 2.45) is 5.92 Å². The summed E-state index contributed by atoms with van der Waals surface area (Å²) >= 11 is 0. The van der Waals surface area contributed by atoms with Crippen molar-refractivity contribution >= 4 is 5.91 Å². The molecule has 27 heavy (non-hydrogen) atoms. The molecule has 0 saturated carbocycles. The second kappa shape index (κ2) is 8.93. The molecule has 0 spiro atoms. The zero-order valence-electron chi connectivity index (χ0n) is 16.2. The van der Waals surface area contributed by atoms with Crippen molar-refractivity contribution in [3.05, 3.63) is 46.0 Å². The molecular formula is C21H28N4O2. The summed E-state index contributed by atoms with van der Waals surface area (Å²) in [7, 11) is 0. The standard InChI is InChI=1S/C21H28N4O2/c1-3-7-16-8-6-12-25(13-10-16)19(26)14-17-15(2)23-20(24-21(17)27)18-9-4-5-11-22-18/h4-5,9,11,16H,3,6-8,10,12-14H2,1-2H3,(H,23,24,27)/t16-/m1/s1. The van der Waals surface area contributed by atoms with Gasteiger partial charge in [-0.25, -0.2) is 4.98 Å². The molecule has 3 rings (SSSR count). The summed E-state index contributed by atoms with van der Waals surface area (Å²) in [5, 5.41) is 0. The van der Waals surface area contributed by atoms with Crippen LogP contribution >= 0.6 is 0 Å². The normalized spacial score (nSPS) is 17.6. The van der Waals surface area contributed by atoms with Gasteiger partial charge in [0.05, 0.1) is 6.42 Å². The molecule has 1 saturated heterocycles. The third-order valence-electron chi connectivity index (χ3n) is 5.36. The molecule has 0 radical (unpaired) electrons. The molecule has 6 heteroatoms. The Morgan fingerprint density at radius 1 is 1.30 bits per heavy atom. The van der Waals surface area contributed by atoms with Crippen molar-refractivity contribution in [2.75, 3.05) is 13.1 Å². The zero-order chi connectivity index (χ0) is 19.2. The fourth-order valence-electron chi connectivity index (χ4n) is 3.82. The van der Waals surface area contributed by atoms with Gasteiger partial charge in [-0.2, -0.15) is 0 Å². The summed E-state index contributed by atoms with van der Waals surface area (Å²) < 4.78 is 0. The number of hydrogen-bond donors (Lipinski definition) is 1. The van der Waals surface area contributed by atoms with E-state index in [1.165, 1.54) is 19.3 Å². The second-order valence-electron chi connectivity index (χ2n) is 7.34. The summed E-state index contributed by atoms with van der Waals surface area (Å²) in [6, 6.07) is 5.46. The maximum Gasteiger partial charge on any atom is 0.255 e. The summed E-state index contributed by atoms with van der Waals surface area (Å²) in [6.45, 7) is 5.57. The Morgan fingerprint density at radius 3 is 2.85 bits per heavy atom. The predicted molar refractivity (Wildman–Crippen MR) is 105 cm³/mol. The lowest BCUT2D eigenvalue weighted by Gasteiger charge is -2.21. The van der Waals surface area contributed by atoms with Crippen molar-refractivity contribution in [3.63, 3.8) is 0 Å². The number of aromatic nitrogens is 3. The molecule has 1 fully saturated rings. The number of rotatable bonds is 5. The molecule has 0 unspecified atom stereocenters. The average Bonchev–Trinajstić information content (AvgIpc) is 2.91. The number of aromatic amines is 1. The van der Waals surface area contributed by atoms with E-state index in [2.05, 4.69) is 21.9 Å². The lowest BCUT2D eigenvalue weighted by molar-refractivity contribution is -0.130. The number of pyridine rings is 1. The number of carbonyl (C=O) groups is 1. The van der Waals surface area contributed by atoms with Gasteiger partial charge in [-0.1, -0.05) is 25.8 Å². The fraction of sp³-hybridized carbons (Fsp3) is 0.524. The van der Waals surface area contributed by atoms with E-state index >= 15 is 0 Å². The third kappa shape index (κ3) is 4.81. The minimum absolute atomic E-state index is 0.0214. The van der Waals surface area contributed by atoms with E-state index in [4.69, 9.17) is 0 Å². The molecule has 1 aliphatic rings. The number of H-pyrrole nitrogens is 1. The van der Waals surface area contributed by atoms with Crippen molar-refractivity contribution in [1.82, 2.24) is 19.9 Å². The van der Waals surface area contributed by atoms with Crippen LogP contribution in [0.25, 0.3) is 11.5 Å². The van der Waals surface area contributed by atoms with E-state index in [1.807, 2.05) is 17.0 Å². The number of hydrogen-bond acceptors (Lipinski definition) is 4. The van der Waals surface area contributed by atoms with Crippen molar-refractivity contribution in [2.45, 2.75) is 52.4 Å². The first-order valence-electron chi connectivity index (χ1n) is 9.87. The van der Waals surface area contributed by atoms with Gasteiger partial charge in [-0.3, -0.25) is 14.6 Å². The van der Waals surface area contributed by atoms with Crippen LogP contribution in [0.3, 0.4) is 0 Å². The van der Waals surface area contributed by atoms with Gasteiger partial charge in [0.15, 0.2) is 5.82 Å². The number of amides is 1. The van der Waals surface area contributed by atoms with E-state index in [1.54, 1.807) is 19.2 Å². The number of likely N-dealkylation sites (tertiary alicyclic amines) is 1. The van der Waals surface area contributed by atoms with Crippen molar-refractivity contribution < 1.29 is 4.79 Å². The van der Waals surface area contributed by atoms with Crippen LogP contribution in [0.2, 0.25) is 0 Å². The van der Waals surface area contributed by atoms with E-state index in [0.29, 0.717) is 22.8 Å². The van der Waals surface area contributed by atoms with E-state index in [-0.39, 0.29) is 17.9 Å². The minimum atomic E-state index is -0.254. The highest BCUT2D eigenvalue weighted by Crippen LogP contribution is 2.22. The predicted octanol–water partition coefficient (Wildman–Crippen LogP) is 3.11. The Hall–Kier alpha value is -2.50. The minimum Gasteiger partial charge on any atom is -0.342 e. The molecule has 0 aromatic carbocycles. The fourth-order valence-corrected chi connectivity index (χ4v) is 3.82. The van der Waals surface area contributed by atoms with Gasteiger partial charge in [-0.15, -0.1) is 0 Å². The summed E-state index contributed by atoms with van der Waals surface area (Å²) in [4.78, 5) is 38.7. The van der Waals surface area contributed by atoms with Gasteiger partial charge in [0, 0.05) is 30.5 Å². The SMILES string of the molecule is CCC[C@@H]1CCCN(C(=O)Cc2c(C)nc(-c3ccccn3)[nH]c2=O)CC1. The molecule has 0 bridgehead atoms. The maximum absolute atomic E-state index is 12.8. The third-order valence-corrected chi connectivity index (χ3v) is 5.36. The zero-order valence-corrected chi connectivity index (χ0v) is 16.2. The summed E-state index contributed by atoms with van der Waals surface area (Å²) in [5.74, 6) is 1.18. The van der Waals surface area contributed by atoms with Crippen LogP contribution < -0.4 is 5.56 Å². The highest BCUT2D eigenvalue weighted by atomic mass is 16.2. The molecule has 0 aliphatic carbocycles. The summed E-state index contributed by atoms with van der Waals surface area (Å²) in [5.41, 5.74) is 1.40. The molecule has 1 atom stereocenters. The molecule has 2 aromatic rings. The Morgan fingerprint density at radius 2 is 2.15 bits per heavy atom. The first-order valence-corrected chi connectivity index (χ1v) is 9.87. The Kier molecular flexibility index (Phi) is 6.37. The summed E-state index contributed by atoms with van der Waals surface area (Å²) in [6.07, 6.45) is 7.50. The number of nitrogens with zero attached hydrogens (tertiary/aromatic N) is 3. The highest BCUT2D eigenvalue weighted by molar-refractivity contribution is 5.79. The van der Waals surface area contributed by atoms with Crippen LogP contribution in [0, 0.1) is 12.8 Å². The topological polar surface area (TPSA) is 79.0 Å². The highest BCUT2D eigenvalue weighted by Gasteiger charge is 2.22. The van der Waals surface area contributed by atoms with Gasteiger partial charge >= 0.3 is 0 Å². The molecular weight excluding hydrogens is 340 g/mol. The maximum atomic E-state index is 12.8. The van der Waals surface area contributed by atoms with Gasteiger partial charge in [-0.05, 0) is 44.2 Å². The quantitative estimate of drug-likeness (QED) is 0.879. The van der Waals surface area contributed by atoms with Gasteiger partial charge in [0.25, 0.3) is 5.56 Å². The second-order valence-corrected chi connectivity index (χ2v) is 7.34. The molecule has 3 heterocycles. The first-order chi connectivity index (χ1) is 13.1. The molecule has 1 N–H and O–H groups in total. The van der Waals surface area contributed by atoms with Gasteiger partial charge in [0.2, 0.25) is 5.91 Å². The number of aryl methyl sites for hydroxylation is 1. The number of nitrogens with one attached hydrogen (secondary N) is 1. The van der Waals surface area contributed by atoms with Crippen LogP contribution in [0.5, 0.6) is 0 Å². The Labute approximate surface area is 160 Å². The number of carbonyl (C=O) groups excluding carboxylic acids is 1. The van der Waals surface area contributed by atoms with Crippen molar-refractivity contribution in [3.8, 4) is 11.5 Å². The smallest absolute Gasteiger partial charge is 0.255 e. The lowest BCUT2D eigenvalue weighted by atomic mass is 9.96. The van der Waals surface area contributed by atoms with Crippen LogP contribution in [0.1, 0.15) is 50.3 Å². The van der Waals surface area contributed by atoms with Gasteiger partial charge in [0.1, 0.15) is 5.69 Å². The van der Waals surface area contributed by atoms with Crippen LogP contribution in [-0.2, 0) is 11.2 Å². The van der Waals surface area contributed by atoms with Crippen LogP contribution in [0.15, 0.2) is 29.2 Å². The van der Waals surface area contributed by atoms with Crippen LogP contribution in [0.4, 0.5) is 0 Å². The first kappa shape index (κ1) is 19.3. The monoisotopic (exact) mass is 368 g/mol. The Balaban J connectivity index is 1.72. The Bertz CT molecular complexity index is 832. The van der Waals surface area contributed by atoms with Crippen LogP contribution in [-0.4, -0.2) is 38.8 Å². The molecule has 144 valence electrons. The molecule has 6 nitrogen and oxygen atoms in total. The van der Waals surface area contributed by atoms with E-state index in [9.17, 15) is 9.59 Å². The average molecular weight is 368 g/mol. The van der Waals surface area contributed by atoms with Crippen molar-refractivity contribution in [1.29, 1.82) is 0 Å². The van der Waals surface area contributed by atoms with E-state index < -0.39 is 0 Å². The lowest BCUT2D eigenvalue weighted by Crippen LogP contribution is -2.35. The largest absolute Gasteiger partial charge is 0.342 e.